The molecule has 4 heterocycles. The molecular weight excluding hydrogens is 475 g/mol. The van der Waals surface area contributed by atoms with Crippen molar-refractivity contribution in [3.8, 4) is 5.75 Å². The van der Waals surface area contributed by atoms with Gasteiger partial charge in [0.25, 0.3) is 5.56 Å². The van der Waals surface area contributed by atoms with Crippen molar-refractivity contribution in [3.63, 3.8) is 0 Å². The number of tetrazole rings is 1. The highest BCUT2D eigenvalue weighted by atomic mass is 19.1. The summed E-state index contributed by atoms with van der Waals surface area (Å²) in [5, 5.41) is 13.6. The third-order valence-electron chi connectivity index (χ3n) is 7.48. The Labute approximate surface area is 213 Å². The molecule has 2 aliphatic heterocycles. The van der Waals surface area contributed by atoms with E-state index >= 15 is 0 Å². The van der Waals surface area contributed by atoms with Gasteiger partial charge in [0.1, 0.15) is 17.6 Å². The van der Waals surface area contributed by atoms with Gasteiger partial charge in [-0.2, -0.15) is 0 Å². The molecule has 0 aliphatic carbocycles. The lowest BCUT2D eigenvalue weighted by molar-refractivity contribution is 0.0924. The van der Waals surface area contributed by atoms with Crippen molar-refractivity contribution in [1.29, 1.82) is 0 Å². The molecule has 0 bridgehead atoms. The minimum atomic E-state index is -0.602. The fourth-order valence-corrected chi connectivity index (χ4v) is 5.60. The highest BCUT2D eigenvalue weighted by Gasteiger charge is 2.37. The Bertz CT molecular complexity index is 1500. The van der Waals surface area contributed by atoms with Crippen LogP contribution in [-0.2, 0) is 17.7 Å². The average molecular weight is 505 g/mol. The second-order valence-corrected chi connectivity index (χ2v) is 9.83. The van der Waals surface area contributed by atoms with Gasteiger partial charge < -0.3 is 19.4 Å². The topological polar surface area (TPSA) is 98.2 Å². The number of hydrogen-bond donors (Lipinski definition) is 1. The molecule has 2 aliphatic rings. The zero-order chi connectivity index (χ0) is 25.5. The molecule has 10 heteroatoms. The summed E-state index contributed by atoms with van der Waals surface area (Å²) in [5.41, 5.74) is 2.77. The number of H-pyrrole nitrogens is 1. The number of rotatable bonds is 6. The normalized spacial score (nSPS) is 20.2. The molecule has 1 N–H and O–H groups in total. The Morgan fingerprint density at radius 3 is 2.92 bits per heavy atom. The summed E-state index contributed by atoms with van der Waals surface area (Å²) in [6.45, 7) is 3.34. The summed E-state index contributed by atoms with van der Waals surface area (Å²) in [6.07, 6.45) is 3.51. The number of nitrogens with zero attached hydrogens (tertiary/aromatic N) is 5. The molecule has 0 saturated carbocycles. The van der Waals surface area contributed by atoms with Gasteiger partial charge in [-0.05, 0) is 91.1 Å². The van der Waals surface area contributed by atoms with Crippen LogP contribution in [-0.4, -0.2) is 51.1 Å². The van der Waals surface area contributed by atoms with Crippen LogP contribution in [0.4, 0.5) is 10.1 Å². The van der Waals surface area contributed by atoms with E-state index in [4.69, 9.17) is 9.47 Å². The maximum atomic E-state index is 14.2. The van der Waals surface area contributed by atoms with E-state index < -0.39 is 6.04 Å². The van der Waals surface area contributed by atoms with Gasteiger partial charge in [-0.1, -0.05) is 0 Å². The number of hydrogen-bond acceptors (Lipinski definition) is 7. The van der Waals surface area contributed by atoms with Crippen molar-refractivity contribution in [3.05, 3.63) is 75.6 Å². The second kappa shape index (κ2) is 9.59. The van der Waals surface area contributed by atoms with E-state index in [1.165, 1.54) is 6.07 Å². The number of halogens is 1. The zero-order valence-electron chi connectivity index (χ0n) is 20.9. The van der Waals surface area contributed by atoms with Crippen molar-refractivity contribution in [2.24, 2.45) is 0 Å². The number of methoxy groups -OCH3 is 1. The van der Waals surface area contributed by atoms with Crippen molar-refractivity contribution in [2.45, 2.75) is 57.3 Å². The summed E-state index contributed by atoms with van der Waals surface area (Å²) >= 11 is 0. The molecule has 192 valence electrons. The molecule has 3 atom stereocenters. The summed E-state index contributed by atoms with van der Waals surface area (Å²) in [7, 11) is 1.61. The van der Waals surface area contributed by atoms with Gasteiger partial charge in [-0.25, -0.2) is 9.07 Å². The second-order valence-electron chi connectivity index (χ2n) is 9.83. The van der Waals surface area contributed by atoms with E-state index in [9.17, 15) is 9.18 Å². The van der Waals surface area contributed by atoms with Gasteiger partial charge in [0.15, 0.2) is 5.82 Å². The Hall–Kier alpha value is -3.79. The number of pyridine rings is 1. The number of aryl methyl sites for hydroxylation is 1. The molecule has 4 aromatic rings. The Balaban J connectivity index is 1.55. The summed E-state index contributed by atoms with van der Waals surface area (Å²) < 4.78 is 27.2. The molecule has 1 saturated heterocycles. The van der Waals surface area contributed by atoms with E-state index in [1.807, 2.05) is 24.3 Å². The molecule has 0 amide bonds. The summed E-state index contributed by atoms with van der Waals surface area (Å²) in [4.78, 5) is 18.8. The van der Waals surface area contributed by atoms with Crippen molar-refractivity contribution in [1.82, 2.24) is 25.2 Å². The maximum Gasteiger partial charge on any atom is 0.254 e. The SMILES string of the molecule is COc1ccc2[nH]c(=O)c(C(c3nnnn3CC3CCCO3)N3c4ccc(F)cc4CCC3C)cc2c1. The number of benzene rings is 2. The van der Waals surface area contributed by atoms with Crippen LogP contribution in [0, 0.1) is 5.82 Å². The fourth-order valence-electron chi connectivity index (χ4n) is 5.60. The van der Waals surface area contributed by atoms with Crippen LogP contribution in [0.15, 0.2) is 47.3 Å². The minimum absolute atomic E-state index is 0.0159. The van der Waals surface area contributed by atoms with Crippen LogP contribution < -0.4 is 15.2 Å². The zero-order valence-corrected chi connectivity index (χ0v) is 20.9. The van der Waals surface area contributed by atoms with Crippen LogP contribution in [0.25, 0.3) is 10.9 Å². The van der Waals surface area contributed by atoms with Crippen LogP contribution in [0.1, 0.15) is 49.2 Å². The van der Waals surface area contributed by atoms with Gasteiger partial charge in [0.05, 0.1) is 19.8 Å². The van der Waals surface area contributed by atoms with Crippen LogP contribution in [0.2, 0.25) is 0 Å². The highest BCUT2D eigenvalue weighted by Crippen LogP contribution is 2.40. The van der Waals surface area contributed by atoms with Crippen molar-refractivity contribution < 1.29 is 13.9 Å². The molecule has 1 fully saturated rings. The minimum Gasteiger partial charge on any atom is -0.497 e. The fraction of sp³-hybridized carbons (Fsp3) is 0.407. The molecule has 2 aromatic heterocycles. The van der Waals surface area contributed by atoms with Crippen LogP contribution >= 0.6 is 0 Å². The largest absolute Gasteiger partial charge is 0.497 e. The van der Waals surface area contributed by atoms with Crippen LogP contribution in [0.5, 0.6) is 5.75 Å². The molecule has 6 rings (SSSR count). The third kappa shape index (κ3) is 4.35. The predicted molar refractivity (Wildman–Crippen MR) is 136 cm³/mol. The van der Waals surface area contributed by atoms with E-state index in [2.05, 4.69) is 32.3 Å². The molecule has 2 aromatic carbocycles. The molecule has 37 heavy (non-hydrogen) atoms. The highest BCUT2D eigenvalue weighted by molar-refractivity contribution is 5.81. The monoisotopic (exact) mass is 504 g/mol. The first-order chi connectivity index (χ1) is 18.0. The number of aromatic nitrogens is 5. The van der Waals surface area contributed by atoms with Crippen molar-refractivity contribution in [2.75, 3.05) is 18.6 Å². The van der Waals surface area contributed by atoms with Crippen molar-refractivity contribution >= 4 is 16.6 Å². The van der Waals surface area contributed by atoms with E-state index in [-0.39, 0.29) is 23.5 Å². The van der Waals surface area contributed by atoms with E-state index in [0.29, 0.717) is 29.2 Å². The summed E-state index contributed by atoms with van der Waals surface area (Å²) in [5.74, 6) is 0.966. The standard InChI is InChI=1S/C27H29FN6O3/c1-16-5-6-17-12-19(28)7-10-24(17)34(16)25(26-30-31-32-33(26)15-21-4-3-11-37-21)22-14-18-13-20(36-2)8-9-23(18)29-27(22)35/h7-10,12-14,16,21,25H,3-6,11,15H2,1-2H3,(H,29,35). The van der Waals surface area contributed by atoms with Gasteiger partial charge >= 0.3 is 0 Å². The number of fused-ring (bicyclic) bond motifs is 2. The van der Waals surface area contributed by atoms with Gasteiger partial charge in [-0.15, -0.1) is 5.10 Å². The molecular formula is C27H29FN6O3. The van der Waals surface area contributed by atoms with Gasteiger partial charge in [0, 0.05) is 34.8 Å². The first-order valence-corrected chi connectivity index (χ1v) is 12.7. The van der Waals surface area contributed by atoms with Gasteiger partial charge in [0.2, 0.25) is 0 Å². The summed E-state index contributed by atoms with van der Waals surface area (Å²) in [6, 6.07) is 11.7. The molecule has 3 unspecified atom stereocenters. The number of anilines is 1. The van der Waals surface area contributed by atoms with E-state index in [1.54, 1.807) is 23.9 Å². The molecule has 9 nitrogen and oxygen atoms in total. The lowest BCUT2D eigenvalue weighted by Crippen LogP contribution is -2.44. The molecule has 0 spiro atoms. The first kappa shape index (κ1) is 23.6. The van der Waals surface area contributed by atoms with Crippen LogP contribution in [0.3, 0.4) is 0 Å². The lowest BCUT2D eigenvalue weighted by atomic mass is 9.92. The maximum absolute atomic E-state index is 14.2. The third-order valence-corrected chi connectivity index (χ3v) is 7.48. The Morgan fingerprint density at radius 1 is 1.22 bits per heavy atom. The smallest absolute Gasteiger partial charge is 0.254 e. The number of nitrogens with one attached hydrogen (secondary N) is 1. The van der Waals surface area contributed by atoms with E-state index in [0.717, 1.165) is 48.9 Å². The Morgan fingerprint density at radius 2 is 2.11 bits per heavy atom. The average Bonchev–Trinajstić information content (AvgIpc) is 3.58. The lowest BCUT2D eigenvalue weighted by Gasteiger charge is -2.42. The number of ether oxygens (including phenoxy) is 2. The first-order valence-electron chi connectivity index (χ1n) is 12.7. The van der Waals surface area contributed by atoms with Gasteiger partial charge in [-0.3, -0.25) is 4.79 Å². The quantitative estimate of drug-likeness (QED) is 0.427. The molecule has 0 radical (unpaired) electrons. The number of aromatic amines is 1. The predicted octanol–water partition coefficient (Wildman–Crippen LogP) is 3.77. The Kier molecular flexibility index (Phi) is 6.11.